The summed E-state index contributed by atoms with van der Waals surface area (Å²) in [5.41, 5.74) is 5.70. The number of ether oxygens (including phenoxy) is 1. The summed E-state index contributed by atoms with van der Waals surface area (Å²) in [5.74, 6) is -1.26. The molecule has 0 radical (unpaired) electrons. The number of nitriles is 1. The van der Waals surface area contributed by atoms with Crippen LogP contribution in [0.1, 0.15) is 12.6 Å². The Kier molecular flexibility index (Phi) is 8.02. The number of halogens is 3. The van der Waals surface area contributed by atoms with E-state index in [0.717, 1.165) is 11.3 Å². The molecule has 0 aliphatic heterocycles. The normalized spacial score (nSPS) is 11.5. The molecule has 0 spiro atoms. The van der Waals surface area contributed by atoms with Crippen LogP contribution in [0.3, 0.4) is 0 Å². The third-order valence-corrected chi connectivity index (χ3v) is 3.60. The zero-order valence-corrected chi connectivity index (χ0v) is 16.6. The lowest BCUT2D eigenvalue weighted by atomic mass is 10.2. The molecule has 0 bridgehead atoms. The Morgan fingerprint density at radius 1 is 1.28 bits per heavy atom. The number of rotatable bonds is 6. The predicted octanol–water partition coefficient (Wildman–Crippen LogP) is 0.185. The fourth-order valence-electron chi connectivity index (χ4n) is 2.04. The van der Waals surface area contributed by atoms with Crippen molar-refractivity contribution >= 4 is 17.6 Å². The molecule has 3 heterocycles. The second kappa shape index (κ2) is 10.7. The Hall–Kier alpha value is -4.25. The van der Waals surface area contributed by atoms with Crippen molar-refractivity contribution in [2.24, 2.45) is 0 Å². The number of hydrogen-bond acceptors (Lipinski definition) is 9. The first-order valence-electron chi connectivity index (χ1n) is 8.86. The van der Waals surface area contributed by atoms with Crippen LogP contribution in [0.4, 0.5) is 24.8 Å². The van der Waals surface area contributed by atoms with Crippen molar-refractivity contribution in [2.75, 3.05) is 11.9 Å². The highest BCUT2D eigenvalue weighted by molar-refractivity contribution is 5.70. The summed E-state index contributed by atoms with van der Waals surface area (Å²) in [6.07, 6.45) is 1.08. The van der Waals surface area contributed by atoms with Crippen LogP contribution in [-0.4, -0.2) is 49.9 Å². The maximum Gasteiger partial charge on any atom is 0.430 e. The fourth-order valence-corrected chi connectivity index (χ4v) is 2.04. The smallest absolute Gasteiger partial charge is 0.430 e. The van der Waals surface area contributed by atoms with Crippen LogP contribution in [0.5, 0.6) is 5.75 Å². The van der Waals surface area contributed by atoms with Crippen molar-refractivity contribution in [2.45, 2.75) is 19.2 Å². The third kappa shape index (κ3) is 7.22. The van der Waals surface area contributed by atoms with Gasteiger partial charge >= 0.3 is 6.18 Å². The minimum atomic E-state index is -5.19. The number of aromatic amines is 1. The lowest BCUT2D eigenvalue weighted by molar-refractivity contribution is -0.380. The summed E-state index contributed by atoms with van der Waals surface area (Å²) in [5, 5.41) is 27.7. The highest BCUT2D eigenvalue weighted by Crippen LogP contribution is 2.24. The fraction of sp³-hybridized carbons (Fsp3) is 0.222. The predicted molar refractivity (Wildman–Crippen MR) is 101 cm³/mol. The van der Waals surface area contributed by atoms with Gasteiger partial charge in [0.1, 0.15) is 36.3 Å². The summed E-state index contributed by atoms with van der Waals surface area (Å²) in [4.78, 5) is 21.0. The van der Waals surface area contributed by atoms with E-state index in [1.807, 2.05) is 25.1 Å². The first-order chi connectivity index (χ1) is 15.1. The molecule has 0 amide bonds. The molecule has 32 heavy (non-hydrogen) atoms. The lowest BCUT2D eigenvalue weighted by Crippen LogP contribution is -2.56. The average molecular weight is 450 g/mol. The summed E-state index contributed by atoms with van der Waals surface area (Å²) in [6, 6.07) is 5.63. The largest absolute Gasteiger partial charge is 0.542 e. The van der Waals surface area contributed by atoms with Gasteiger partial charge < -0.3 is 25.7 Å². The molecule has 3 rings (SSSR count). The van der Waals surface area contributed by atoms with E-state index in [1.165, 1.54) is 12.4 Å². The Balaban J connectivity index is 0.000000451. The van der Waals surface area contributed by atoms with Crippen LogP contribution in [0, 0.1) is 11.3 Å². The van der Waals surface area contributed by atoms with Crippen LogP contribution < -0.4 is 20.9 Å². The van der Waals surface area contributed by atoms with Gasteiger partial charge in [-0.15, -0.1) is 0 Å². The number of hydrogen-bond donors (Lipinski definition) is 3. The number of carboxylic acids is 1. The quantitative estimate of drug-likeness (QED) is 0.472. The van der Waals surface area contributed by atoms with Crippen molar-refractivity contribution in [3.63, 3.8) is 0 Å². The molecule has 0 fully saturated rings. The van der Waals surface area contributed by atoms with Crippen molar-refractivity contribution in [1.29, 1.82) is 5.26 Å². The molecule has 3 aromatic heterocycles. The molecule has 0 aromatic carbocycles. The number of pyridine rings is 1. The number of aromatic nitrogens is 5. The molecule has 168 valence electrons. The number of carbonyl (C=O) groups excluding carboxylic acids is 1. The van der Waals surface area contributed by atoms with E-state index >= 15 is 0 Å². The first-order valence-corrected chi connectivity index (χ1v) is 8.86. The number of nitrogens with zero attached hydrogens (tertiary/aromatic N) is 5. The first kappa shape index (κ1) is 24.0. The standard InChI is InChI=1S/C16H16N8O.C2HF3O2/c1-10(4-17)25-13-2-11(6-19-8-13)14-3-15(24-23-14)22-16-9-20-12(5-18)7-21-16;3-2(4,5)1(6)7/h2-3,6-10H,4,17H2,1H3,(H2,21,22,23,24);(H,6,7)/t10-;/m0./s1. The second-order valence-electron chi connectivity index (χ2n) is 6.10. The number of nitrogens with one attached hydrogen (secondary N) is 2. The Labute approximate surface area is 179 Å². The van der Waals surface area contributed by atoms with E-state index in [0.29, 0.717) is 23.9 Å². The Bertz CT molecular complexity index is 1080. The van der Waals surface area contributed by atoms with Gasteiger partial charge in [0.15, 0.2) is 11.5 Å². The van der Waals surface area contributed by atoms with Gasteiger partial charge in [0, 0.05) is 17.8 Å². The Morgan fingerprint density at radius 2 is 2.00 bits per heavy atom. The van der Waals surface area contributed by atoms with Gasteiger partial charge in [0.25, 0.3) is 0 Å². The highest BCUT2D eigenvalue weighted by Gasteiger charge is 2.28. The molecule has 0 aliphatic rings. The van der Waals surface area contributed by atoms with Crippen LogP contribution in [0.2, 0.25) is 0 Å². The number of carboxylic acid groups (broad SMARTS) is 1. The molecule has 11 nitrogen and oxygen atoms in total. The molecule has 5 N–H and O–H groups in total. The number of anilines is 2. The minimum Gasteiger partial charge on any atom is -0.542 e. The third-order valence-electron chi connectivity index (χ3n) is 3.60. The van der Waals surface area contributed by atoms with Gasteiger partial charge in [-0.3, -0.25) is 10.1 Å². The van der Waals surface area contributed by atoms with E-state index in [2.05, 4.69) is 36.2 Å². The summed E-state index contributed by atoms with van der Waals surface area (Å²) >= 11 is 0. The van der Waals surface area contributed by atoms with Gasteiger partial charge in [0.2, 0.25) is 0 Å². The Morgan fingerprint density at radius 3 is 2.56 bits per heavy atom. The monoisotopic (exact) mass is 450 g/mol. The van der Waals surface area contributed by atoms with Crippen LogP contribution in [-0.2, 0) is 4.79 Å². The average Bonchev–Trinajstić information content (AvgIpc) is 3.22. The maximum absolute atomic E-state index is 10.5. The van der Waals surface area contributed by atoms with Gasteiger partial charge in [-0.05, 0) is 13.0 Å². The molecule has 0 saturated heterocycles. The van der Waals surface area contributed by atoms with E-state index in [-0.39, 0.29) is 11.8 Å². The molecule has 1 atom stereocenters. The highest BCUT2D eigenvalue weighted by atomic mass is 19.4. The van der Waals surface area contributed by atoms with E-state index in [9.17, 15) is 13.2 Å². The van der Waals surface area contributed by atoms with Crippen LogP contribution >= 0.6 is 0 Å². The molecular formula is C18H17F3N8O3. The molecule has 14 heteroatoms. The SMILES string of the molecule is C[C@@H](C[NH3+])Oc1cncc(-c2cc(Nc3cnc(C#N)cn3)n[nH]2)c1.O=C([O-])C(F)(F)F. The van der Waals surface area contributed by atoms with Gasteiger partial charge in [-0.2, -0.15) is 23.5 Å². The lowest BCUT2D eigenvalue weighted by Gasteiger charge is -2.10. The number of H-pyrrole nitrogens is 1. The van der Waals surface area contributed by atoms with E-state index in [1.54, 1.807) is 12.4 Å². The zero-order chi connectivity index (χ0) is 23.7. The summed E-state index contributed by atoms with van der Waals surface area (Å²) in [6.45, 7) is 2.63. The number of aliphatic carboxylic acids is 1. The minimum absolute atomic E-state index is 0.0194. The van der Waals surface area contributed by atoms with E-state index < -0.39 is 12.1 Å². The van der Waals surface area contributed by atoms with Crippen molar-refractivity contribution in [3.8, 4) is 23.1 Å². The zero-order valence-electron chi connectivity index (χ0n) is 16.6. The number of quaternary nitrogens is 1. The molecule has 0 unspecified atom stereocenters. The molecular weight excluding hydrogens is 433 g/mol. The van der Waals surface area contributed by atoms with Crippen molar-refractivity contribution in [1.82, 2.24) is 25.1 Å². The van der Waals surface area contributed by atoms with Gasteiger partial charge in [-0.1, -0.05) is 0 Å². The maximum atomic E-state index is 10.5. The summed E-state index contributed by atoms with van der Waals surface area (Å²) in [7, 11) is 0. The van der Waals surface area contributed by atoms with Crippen molar-refractivity contribution in [3.05, 3.63) is 42.6 Å². The van der Waals surface area contributed by atoms with E-state index in [4.69, 9.17) is 19.9 Å². The molecule has 3 aromatic rings. The van der Waals surface area contributed by atoms with Gasteiger partial charge in [-0.25, -0.2) is 9.97 Å². The molecule has 0 saturated carbocycles. The van der Waals surface area contributed by atoms with Crippen LogP contribution in [0.15, 0.2) is 36.9 Å². The van der Waals surface area contributed by atoms with Gasteiger partial charge in [0.05, 0.1) is 24.3 Å². The molecule has 0 aliphatic carbocycles. The number of carbonyl (C=O) groups is 1. The topological polar surface area (TPSA) is 180 Å². The number of alkyl halides is 3. The summed E-state index contributed by atoms with van der Waals surface area (Å²) < 4.78 is 37.3. The van der Waals surface area contributed by atoms with Crippen LogP contribution in [0.25, 0.3) is 11.3 Å². The second-order valence-corrected chi connectivity index (χ2v) is 6.10. The van der Waals surface area contributed by atoms with Crippen molar-refractivity contribution < 1.29 is 33.5 Å².